The second-order valence-electron chi connectivity index (χ2n) is 4.64. The highest BCUT2D eigenvalue weighted by molar-refractivity contribution is 7.89. The largest absolute Gasteiger partial charge is 0.478 e. The number of aliphatic hydroxyl groups is 1. The molecule has 22 heavy (non-hydrogen) atoms. The molecule has 1 aromatic carbocycles. The third kappa shape index (κ3) is 4.95. The SMILES string of the molecule is COCC(C)Nc1ccc(C(=O)O)cc1S(=O)(=O)NCCO. The van der Waals surface area contributed by atoms with Crippen LogP contribution >= 0.6 is 0 Å². The van der Waals surface area contributed by atoms with E-state index in [1.165, 1.54) is 19.2 Å². The Morgan fingerprint density at radius 2 is 2.09 bits per heavy atom. The maximum atomic E-state index is 12.2. The molecule has 0 aromatic heterocycles. The van der Waals surface area contributed by atoms with Gasteiger partial charge in [-0.25, -0.2) is 17.9 Å². The molecule has 0 bridgehead atoms. The summed E-state index contributed by atoms with van der Waals surface area (Å²) in [4.78, 5) is 10.8. The topological polar surface area (TPSA) is 125 Å². The average molecular weight is 332 g/mol. The van der Waals surface area contributed by atoms with Crippen molar-refractivity contribution >= 4 is 21.7 Å². The van der Waals surface area contributed by atoms with Gasteiger partial charge in [0.25, 0.3) is 0 Å². The molecule has 124 valence electrons. The van der Waals surface area contributed by atoms with Crippen LogP contribution in [-0.4, -0.2) is 57.5 Å². The Labute approximate surface area is 129 Å². The van der Waals surface area contributed by atoms with Crippen LogP contribution in [0.15, 0.2) is 23.1 Å². The van der Waals surface area contributed by atoms with Crippen LogP contribution in [0.1, 0.15) is 17.3 Å². The summed E-state index contributed by atoms with van der Waals surface area (Å²) >= 11 is 0. The molecule has 0 saturated carbocycles. The fraction of sp³-hybridized carbons (Fsp3) is 0.462. The lowest BCUT2D eigenvalue weighted by Gasteiger charge is -2.18. The highest BCUT2D eigenvalue weighted by Gasteiger charge is 2.21. The van der Waals surface area contributed by atoms with Gasteiger partial charge in [0.1, 0.15) is 4.90 Å². The zero-order valence-electron chi connectivity index (χ0n) is 12.4. The summed E-state index contributed by atoms with van der Waals surface area (Å²) in [6, 6.07) is 3.61. The van der Waals surface area contributed by atoms with E-state index in [9.17, 15) is 13.2 Å². The summed E-state index contributed by atoms with van der Waals surface area (Å²) in [5.74, 6) is -1.23. The van der Waals surface area contributed by atoms with Crippen LogP contribution in [0.4, 0.5) is 5.69 Å². The molecule has 0 amide bonds. The highest BCUT2D eigenvalue weighted by Crippen LogP contribution is 2.23. The Balaban J connectivity index is 3.23. The molecule has 0 fully saturated rings. The van der Waals surface area contributed by atoms with Crippen molar-refractivity contribution in [2.45, 2.75) is 17.9 Å². The van der Waals surface area contributed by atoms with Gasteiger partial charge < -0.3 is 20.3 Å². The minimum Gasteiger partial charge on any atom is -0.478 e. The second kappa shape index (κ2) is 8.08. The molecule has 1 atom stereocenters. The number of methoxy groups -OCH3 is 1. The summed E-state index contributed by atoms with van der Waals surface area (Å²) < 4.78 is 31.6. The van der Waals surface area contributed by atoms with Gasteiger partial charge in [-0.2, -0.15) is 0 Å². The van der Waals surface area contributed by atoms with E-state index >= 15 is 0 Å². The number of rotatable bonds is 9. The van der Waals surface area contributed by atoms with Crippen LogP contribution in [0, 0.1) is 0 Å². The van der Waals surface area contributed by atoms with E-state index in [1.807, 2.05) is 0 Å². The van der Waals surface area contributed by atoms with Gasteiger partial charge in [-0.3, -0.25) is 0 Å². The van der Waals surface area contributed by atoms with Crippen molar-refractivity contribution in [2.24, 2.45) is 0 Å². The Morgan fingerprint density at radius 3 is 2.64 bits per heavy atom. The molecule has 0 aliphatic rings. The van der Waals surface area contributed by atoms with Crippen molar-refractivity contribution in [3.8, 4) is 0 Å². The van der Waals surface area contributed by atoms with Gasteiger partial charge in [0.2, 0.25) is 10.0 Å². The Hall–Kier alpha value is -1.68. The standard InChI is InChI=1S/C13H20N2O6S/c1-9(8-21-2)15-11-4-3-10(13(17)18)7-12(11)22(19,20)14-5-6-16/h3-4,7,9,14-16H,5-6,8H2,1-2H3,(H,17,18). The molecule has 1 aromatic rings. The van der Waals surface area contributed by atoms with Gasteiger partial charge >= 0.3 is 5.97 Å². The van der Waals surface area contributed by atoms with Crippen molar-refractivity contribution in [3.05, 3.63) is 23.8 Å². The minimum absolute atomic E-state index is 0.144. The van der Waals surface area contributed by atoms with Crippen LogP contribution in [0.5, 0.6) is 0 Å². The molecule has 0 spiro atoms. The molecule has 0 aliphatic heterocycles. The molecule has 9 heteroatoms. The van der Waals surface area contributed by atoms with E-state index < -0.39 is 16.0 Å². The van der Waals surface area contributed by atoms with Gasteiger partial charge in [0, 0.05) is 19.7 Å². The normalized spacial score (nSPS) is 12.9. The number of hydrogen-bond donors (Lipinski definition) is 4. The summed E-state index contributed by atoms with van der Waals surface area (Å²) in [6.07, 6.45) is 0. The fourth-order valence-electron chi connectivity index (χ4n) is 1.81. The van der Waals surface area contributed by atoms with E-state index in [0.29, 0.717) is 6.61 Å². The molecular weight excluding hydrogens is 312 g/mol. The molecule has 8 nitrogen and oxygen atoms in total. The Kier molecular flexibility index (Phi) is 6.75. The highest BCUT2D eigenvalue weighted by atomic mass is 32.2. The lowest BCUT2D eigenvalue weighted by Crippen LogP contribution is -2.29. The summed E-state index contributed by atoms with van der Waals surface area (Å²) in [6.45, 7) is 1.63. The van der Waals surface area contributed by atoms with Crippen LogP contribution in [-0.2, 0) is 14.8 Å². The number of nitrogens with one attached hydrogen (secondary N) is 2. The number of anilines is 1. The van der Waals surface area contributed by atoms with E-state index in [0.717, 1.165) is 6.07 Å². The van der Waals surface area contributed by atoms with Crippen molar-refractivity contribution in [3.63, 3.8) is 0 Å². The minimum atomic E-state index is -3.95. The first-order valence-corrected chi connectivity index (χ1v) is 8.03. The number of aliphatic hydroxyl groups excluding tert-OH is 1. The van der Waals surface area contributed by atoms with Gasteiger partial charge in [0.05, 0.1) is 24.5 Å². The first kappa shape index (κ1) is 18.4. The second-order valence-corrected chi connectivity index (χ2v) is 6.37. The van der Waals surface area contributed by atoms with Gasteiger partial charge in [-0.05, 0) is 25.1 Å². The molecule has 0 heterocycles. The summed E-state index contributed by atoms with van der Waals surface area (Å²) in [5, 5.41) is 20.7. The summed E-state index contributed by atoms with van der Waals surface area (Å²) in [5.41, 5.74) is 0.120. The third-order valence-electron chi connectivity index (χ3n) is 2.74. The lowest BCUT2D eigenvalue weighted by atomic mass is 10.2. The number of ether oxygens (including phenoxy) is 1. The fourth-order valence-corrected chi connectivity index (χ4v) is 3.03. The number of hydrogen-bond acceptors (Lipinski definition) is 6. The molecule has 1 unspecified atom stereocenters. The van der Waals surface area contributed by atoms with E-state index in [4.69, 9.17) is 14.9 Å². The average Bonchev–Trinajstić information content (AvgIpc) is 2.45. The van der Waals surface area contributed by atoms with E-state index in [1.54, 1.807) is 6.92 Å². The molecule has 0 saturated heterocycles. The molecular formula is C13H20N2O6S. The quantitative estimate of drug-likeness (QED) is 0.505. The monoisotopic (exact) mass is 332 g/mol. The van der Waals surface area contributed by atoms with Crippen molar-refractivity contribution < 1.29 is 28.2 Å². The lowest BCUT2D eigenvalue weighted by molar-refractivity contribution is 0.0696. The van der Waals surface area contributed by atoms with Crippen molar-refractivity contribution in [1.82, 2.24) is 4.72 Å². The molecule has 0 radical (unpaired) electrons. The summed E-state index contributed by atoms with van der Waals surface area (Å²) in [7, 11) is -2.43. The predicted octanol–water partition coefficient (Wildman–Crippen LogP) is 0.102. The predicted molar refractivity (Wildman–Crippen MR) is 80.6 cm³/mol. The number of benzene rings is 1. The number of aromatic carboxylic acids is 1. The Bertz CT molecular complexity index is 617. The van der Waals surface area contributed by atoms with E-state index in [2.05, 4.69) is 10.0 Å². The van der Waals surface area contributed by atoms with Gasteiger partial charge in [-0.15, -0.1) is 0 Å². The third-order valence-corrected chi connectivity index (χ3v) is 4.24. The molecule has 4 N–H and O–H groups in total. The van der Waals surface area contributed by atoms with Gasteiger partial charge in [0.15, 0.2) is 0 Å². The zero-order chi connectivity index (χ0) is 16.8. The maximum Gasteiger partial charge on any atom is 0.335 e. The van der Waals surface area contributed by atoms with Gasteiger partial charge in [-0.1, -0.05) is 0 Å². The van der Waals surface area contributed by atoms with Crippen molar-refractivity contribution in [1.29, 1.82) is 0 Å². The number of sulfonamides is 1. The molecule has 0 aliphatic carbocycles. The zero-order valence-corrected chi connectivity index (χ0v) is 13.2. The van der Waals surface area contributed by atoms with Crippen molar-refractivity contribution in [2.75, 3.05) is 32.2 Å². The van der Waals surface area contributed by atoms with Crippen LogP contribution in [0.3, 0.4) is 0 Å². The van der Waals surface area contributed by atoms with Crippen LogP contribution in [0.2, 0.25) is 0 Å². The number of carboxylic acid groups (broad SMARTS) is 1. The first-order valence-electron chi connectivity index (χ1n) is 6.55. The number of carbonyl (C=O) groups is 1. The Morgan fingerprint density at radius 1 is 1.41 bits per heavy atom. The molecule has 1 rings (SSSR count). The van der Waals surface area contributed by atoms with Crippen LogP contribution < -0.4 is 10.0 Å². The smallest absolute Gasteiger partial charge is 0.335 e. The van der Waals surface area contributed by atoms with E-state index in [-0.39, 0.29) is 35.3 Å². The first-order chi connectivity index (χ1) is 10.3. The van der Waals surface area contributed by atoms with Crippen LogP contribution in [0.25, 0.3) is 0 Å². The maximum absolute atomic E-state index is 12.2. The number of carboxylic acids is 1.